The van der Waals surface area contributed by atoms with Gasteiger partial charge in [-0.1, -0.05) is 6.07 Å². The van der Waals surface area contributed by atoms with Crippen LogP contribution in [0.25, 0.3) is 0 Å². The molecule has 6 heteroatoms. The Morgan fingerprint density at radius 2 is 1.95 bits per heavy atom. The number of benzene rings is 2. The van der Waals surface area contributed by atoms with Gasteiger partial charge in [-0.2, -0.15) is 0 Å². The number of thioether (sulfide) groups is 1. The van der Waals surface area contributed by atoms with Gasteiger partial charge < -0.3 is 10.5 Å². The molecule has 0 aromatic heterocycles. The standard InChI is InChI=1S/C14H14N2O3S/c1-19-11-3-5-12(6-4-11)20-9-10-2-7-13(15)14(8-10)16(17)18/h2-8H,9,15H2,1H3. The molecule has 0 atom stereocenters. The molecule has 0 bridgehead atoms. The van der Waals surface area contributed by atoms with Gasteiger partial charge in [0.15, 0.2) is 0 Å². The first-order valence-electron chi connectivity index (χ1n) is 5.90. The van der Waals surface area contributed by atoms with Crippen molar-refractivity contribution in [1.82, 2.24) is 0 Å². The van der Waals surface area contributed by atoms with Crippen molar-refractivity contribution in [2.24, 2.45) is 0 Å². The minimum atomic E-state index is -0.461. The molecule has 0 spiro atoms. The van der Waals surface area contributed by atoms with Gasteiger partial charge in [0.1, 0.15) is 11.4 Å². The first-order chi connectivity index (χ1) is 9.60. The molecular formula is C14H14N2O3S. The van der Waals surface area contributed by atoms with Gasteiger partial charge >= 0.3 is 0 Å². The van der Waals surface area contributed by atoms with Crippen LogP contribution in [-0.2, 0) is 5.75 Å². The number of hydrogen-bond acceptors (Lipinski definition) is 5. The fourth-order valence-corrected chi connectivity index (χ4v) is 2.52. The zero-order valence-electron chi connectivity index (χ0n) is 10.9. The van der Waals surface area contributed by atoms with Gasteiger partial charge in [-0.3, -0.25) is 10.1 Å². The van der Waals surface area contributed by atoms with E-state index in [2.05, 4.69) is 0 Å². The topological polar surface area (TPSA) is 78.4 Å². The molecule has 0 aliphatic heterocycles. The lowest BCUT2D eigenvalue weighted by molar-refractivity contribution is -0.383. The molecule has 0 radical (unpaired) electrons. The van der Waals surface area contributed by atoms with E-state index < -0.39 is 4.92 Å². The fraction of sp³-hybridized carbons (Fsp3) is 0.143. The third kappa shape index (κ3) is 3.42. The summed E-state index contributed by atoms with van der Waals surface area (Å²) < 4.78 is 5.09. The van der Waals surface area contributed by atoms with Crippen LogP contribution in [0.5, 0.6) is 5.75 Å². The zero-order chi connectivity index (χ0) is 14.5. The normalized spacial score (nSPS) is 10.2. The van der Waals surface area contributed by atoms with E-state index in [1.807, 2.05) is 24.3 Å². The van der Waals surface area contributed by atoms with Gasteiger partial charge in [-0.25, -0.2) is 0 Å². The number of nitro benzene ring substituents is 1. The molecule has 0 aliphatic carbocycles. The van der Waals surface area contributed by atoms with Crippen LogP contribution in [0, 0.1) is 10.1 Å². The largest absolute Gasteiger partial charge is 0.497 e. The summed E-state index contributed by atoms with van der Waals surface area (Å²) in [7, 11) is 1.62. The molecule has 0 amide bonds. The summed E-state index contributed by atoms with van der Waals surface area (Å²) in [6.45, 7) is 0. The lowest BCUT2D eigenvalue weighted by Crippen LogP contribution is -1.96. The van der Waals surface area contributed by atoms with Crippen molar-refractivity contribution in [2.45, 2.75) is 10.6 Å². The van der Waals surface area contributed by atoms with Crippen molar-refractivity contribution in [1.29, 1.82) is 0 Å². The zero-order valence-corrected chi connectivity index (χ0v) is 11.7. The maximum atomic E-state index is 10.8. The highest BCUT2D eigenvalue weighted by atomic mass is 32.2. The molecule has 20 heavy (non-hydrogen) atoms. The van der Waals surface area contributed by atoms with Crippen molar-refractivity contribution in [3.05, 3.63) is 58.1 Å². The highest BCUT2D eigenvalue weighted by Gasteiger charge is 2.11. The summed E-state index contributed by atoms with van der Waals surface area (Å²) in [5.41, 5.74) is 6.58. The van der Waals surface area contributed by atoms with Crippen molar-refractivity contribution >= 4 is 23.1 Å². The fourth-order valence-electron chi connectivity index (χ4n) is 1.68. The Morgan fingerprint density at radius 3 is 2.55 bits per heavy atom. The Balaban J connectivity index is 2.06. The van der Waals surface area contributed by atoms with Crippen LogP contribution in [0.2, 0.25) is 0 Å². The van der Waals surface area contributed by atoms with Crippen molar-refractivity contribution in [3.63, 3.8) is 0 Å². The third-order valence-corrected chi connectivity index (χ3v) is 3.84. The van der Waals surface area contributed by atoms with Crippen LogP contribution >= 0.6 is 11.8 Å². The van der Waals surface area contributed by atoms with Gasteiger partial charge in [-0.05, 0) is 35.9 Å². The number of rotatable bonds is 5. The Morgan fingerprint density at radius 1 is 1.25 bits per heavy atom. The molecule has 5 nitrogen and oxygen atoms in total. The number of nitro groups is 1. The van der Waals surface area contributed by atoms with Crippen LogP contribution in [-0.4, -0.2) is 12.0 Å². The van der Waals surface area contributed by atoms with Crippen LogP contribution in [0.3, 0.4) is 0 Å². The lowest BCUT2D eigenvalue weighted by atomic mass is 10.2. The van der Waals surface area contributed by atoms with Crippen LogP contribution in [0.4, 0.5) is 11.4 Å². The average Bonchev–Trinajstić information content (AvgIpc) is 2.46. The van der Waals surface area contributed by atoms with E-state index in [9.17, 15) is 10.1 Å². The molecule has 2 N–H and O–H groups in total. The number of nitrogens with zero attached hydrogens (tertiary/aromatic N) is 1. The SMILES string of the molecule is COc1ccc(SCc2ccc(N)c([N+](=O)[O-])c2)cc1. The molecule has 2 aromatic carbocycles. The molecular weight excluding hydrogens is 276 g/mol. The van der Waals surface area contributed by atoms with E-state index in [1.165, 1.54) is 6.07 Å². The monoisotopic (exact) mass is 290 g/mol. The molecule has 0 aliphatic rings. The summed E-state index contributed by atoms with van der Waals surface area (Å²) in [5, 5.41) is 10.8. The highest BCUT2D eigenvalue weighted by Crippen LogP contribution is 2.28. The smallest absolute Gasteiger partial charge is 0.292 e. The summed E-state index contributed by atoms with van der Waals surface area (Å²) in [6, 6.07) is 12.6. The number of hydrogen-bond donors (Lipinski definition) is 1. The second-order valence-electron chi connectivity index (χ2n) is 4.11. The minimum absolute atomic E-state index is 0.0437. The van der Waals surface area contributed by atoms with E-state index in [-0.39, 0.29) is 11.4 Å². The number of nitrogens with two attached hydrogens (primary N) is 1. The molecule has 2 aromatic rings. The number of methoxy groups -OCH3 is 1. The second kappa shape index (κ2) is 6.29. The first-order valence-corrected chi connectivity index (χ1v) is 6.88. The minimum Gasteiger partial charge on any atom is -0.497 e. The molecule has 104 valence electrons. The number of ether oxygens (including phenoxy) is 1. The highest BCUT2D eigenvalue weighted by molar-refractivity contribution is 7.98. The van der Waals surface area contributed by atoms with Crippen LogP contribution in [0.1, 0.15) is 5.56 Å². The van der Waals surface area contributed by atoms with Gasteiger partial charge in [0.05, 0.1) is 12.0 Å². The summed E-state index contributed by atoms with van der Waals surface area (Å²) in [5.74, 6) is 1.45. The van der Waals surface area contributed by atoms with Crippen LogP contribution < -0.4 is 10.5 Å². The van der Waals surface area contributed by atoms with Crippen molar-refractivity contribution < 1.29 is 9.66 Å². The van der Waals surface area contributed by atoms with Gasteiger partial charge in [0.25, 0.3) is 5.69 Å². The Kier molecular flexibility index (Phi) is 4.47. The lowest BCUT2D eigenvalue weighted by Gasteiger charge is -2.05. The maximum Gasteiger partial charge on any atom is 0.292 e. The predicted octanol–water partition coefficient (Wildman–Crippen LogP) is 3.48. The number of nitrogen functional groups attached to an aromatic ring is 1. The Bertz CT molecular complexity index is 614. The molecule has 0 saturated heterocycles. The molecule has 0 heterocycles. The second-order valence-corrected chi connectivity index (χ2v) is 5.16. The molecule has 0 fully saturated rings. The number of anilines is 1. The Labute approximate surface area is 120 Å². The van der Waals surface area contributed by atoms with E-state index >= 15 is 0 Å². The van der Waals surface area contributed by atoms with Crippen molar-refractivity contribution in [3.8, 4) is 5.75 Å². The van der Waals surface area contributed by atoms with Gasteiger partial charge in [0, 0.05) is 16.7 Å². The summed E-state index contributed by atoms with van der Waals surface area (Å²) >= 11 is 1.60. The van der Waals surface area contributed by atoms with E-state index in [1.54, 1.807) is 31.0 Å². The van der Waals surface area contributed by atoms with E-state index in [4.69, 9.17) is 10.5 Å². The van der Waals surface area contributed by atoms with E-state index in [0.717, 1.165) is 16.2 Å². The van der Waals surface area contributed by atoms with E-state index in [0.29, 0.717) is 5.75 Å². The molecule has 2 rings (SSSR count). The average molecular weight is 290 g/mol. The maximum absolute atomic E-state index is 10.8. The third-order valence-electron chi connectivity index (χ3n) is 2.76. The predicted molar refractivity (Wildman–Crippen MR) is 80.1 cm³/mol. The van der Waals surface area contributed by atoms with Gasteiger partial charge in [0.2, 0.25) is 0 Å². The quantitative estimate of drug-likeness (QED) is 0.395. The molecule has 0 saturated carbocycles. The summed E-state index contributed by atoms with van der Waals surface area (Å²) in [6.07, 6.45) is 0. The van der Waals surface area contributed by atoms with Crippen molar-refractivity contribution in [2.75, 3.05) is 12.8 Å². The molecule has 0 unspecified atom stereocenters. The van der Waals surface area contributed by atoms with Crippen LogP contribution in [0.15, 0.2) is 47.4 Å². The Hall–Kier alpha value is -2.21. The summed E-state index contributed by atoms with van der Waals surface area (Å²) in [4.78, 5) is 11.4. The van der Waals surface area contributed by atoms with Gasteiger partial charge in [-0.15, -0.1) is 11.8 Å². The first kappa shape index (κ1) is 14.2.